The van der Waals surface area contributed by atoms with Crippen molar-refractivity contribution in [1.29, 1.82) is 0 Å². The first-order valence-corrected chi connectivity index (χ1v) is 9.50. The summed E-state index contributed by atoms with van der Waals surface area (Å²) in [7, 11) is 1.78. The molecule has 28 heavy (non-hydrogen) atoms. The Morgan fingerprint density at radius 2 is 1.86 bits per heavy atom. The Balaban J connectivity index is 1.41. The Bertz CT molecular complexity index is 1030. The number of hydrogen-bond donors (Lipinski definition) is 0. The van der Waals surface area contributed by atoms with Gasteiger partial charge in [0.15, 0.2) is 6.61 Å². The molecule has 0 spiro atoms. The Kier molecular flexibility index (Phi) is 5.06. The second-order valence-corrected chi connectivity index (χ2v) is 7.08. The predicted molar refractivity (Wildman–Crippen MR) is 107 cm³/mol. The van der Waals surface area contributed by atoms with Crippen LogP contribution in [-0.2, 0) is 16.0 Å². The number of fused-ring (bicyclic) bond motifs is 2. The molecule has 0 bridgehead atoms. The second kappa shape index (κ2) is 7.80. The van der Waals surface area contributed by atoms with Gasteiger partial charge in [0.05, 0.1) is 11.6 Å². The Morgan fingerprint density at radius 1 is 1.07 bits per heavy atom. The van der Waals surface area contributed by atoms with Gasteiger partial charge in [-0.1, -0.05) is 48.5 Å². The number of pyridine rings is 1. The number of aryl methyl sites for hydroxylation is 1. The molecule has 0 radical (unpaired) electrons. The number of para-hydroxylation sites is 1. The lowest BCUT2D eigenvalue weighted by Gasteiger charge is -2.33. The van der Waals surface area contributed by atoms with Gasteiger partial charge in [0.25, 0.3) is 5.91 Å². The molecule has 1 aliphatic carbocycles. The maximum Gasteiger partial charge on any atom is 0.357 e. The molecule has 0 saturated heterocycles. The van der Waals surface area contributed by atoms with E-state index < -0.39 is 5.97 Å². The summed E-state index contributed by atoms with van der Waals surface area (Å²) < 4.78 is 5.25. The van der Waals surface area contributed by atoms with Crippen molar-refractivity contribution in [3.8, 4) is 0 Å². The molecule has 0 fully saturated rings. The number of benzene rings is 2. The maximum atomic E-state index is 12.6. The van der Waals surface area contributed by atoms with E-state index in [2.05, 4.69) is 17.1 Å². The average Bonchev–Trinajstić information content (AvgIpc) is 2.76. The third-order valence-electron chi connectivity index (χ3n) is 5.33. The van der Waals surface area contributed by atoms with E-state index in [4.69, 9.17) is 4.74 Å². The topological polar surface area (TPSA) is 59.5 Å². The fourth-order valence-electron chi connectivity index (χ4n) is 3.79. The highest BCUT2D eigenvalue weighted by Gasteiger charge is 2.27. The third-order valence-corrected chi connectivity index (χ3v) is 5.33. The first kappa shape index (κ1) is 18.2. The molecule has 4 rings (SSSR count). The fourth-order valence-corrected chi connectivity index (χ4v) is 3.79. The number of esters is 1. The van der Waals surface area contributed by atoms with E-state index in [1.807, 2.05) is 42.5 Å². The maximum absolute atomic E-state index is 12.6. The van der Waals surface area contributed by atoms with Gasteiger partial charge in [0.1, 0.15) is 5.69 Å². The molecule has 1 amide bonds. The molecule has 5 nitrogen and oxygen atoms in total. The number of likely N-dealkylation sites (N-methyl/N-ethyl adjacent to an activating group) is 1. The van der Waals surface area contributed by atoms with Crippen molar-refractivity contribution in [1.82, 2.24) is 9.88 Å². The summed E-state index contributed by atoms with van der Waals surface area (Å²) >= 11 is 0. The SMILES string of the molecule is CN(C(=O)COC(=O)c1ccc2ccccc2n1)[C@@H]1CCCc2ccccc21. The zero-order valence-electron chi connectivity index (χ0n) is 15.8. The van der Waals surface area contributed by atoms with Gasteiger partial charge in [-0.25, -0.2) is 9.78 Å². The van der Waals surface area contributed by atoms with E-state index in [9.17, 15) is 9.59 Å². The molecule has 0 aliphatic heterocycles. The lowest BCUT2D eigenvalue weighted by molar-refractivity contribution is -0.135. The Hall–Kier alpha value is -3.21. The summed E-state index contributed by atoms with van der Waals surface area (Å²) in [5, 5.41) is 0.950. The second-order valence-electron chi connectivity index (χ2n) is 7.08. The van der Waals surface area contributed by atoms with E-state index >= 15 is 0 Å². The normalized spacial score (nSPS) is 15.7. The minimum absolute atomic E-state index is 0.0231. The lowest BCUT2D eigenvalue weighted by Crippen LogP contribution is -2.36. The molecule has 1 aromatic heterocycles. The van der Waals surface area contributed by atoms with Crippen LogP contribution in [0, 0.1) is 0 Å². The van der Waals surface area contributed by atoms with Crippen LogP contribution in [0.5, 0.6) is 0 Å². The molecule has 0 saturated carbocycles. The highest BCUT2D eigenvalue weighted by Crippen LogP contribution is 2.33. The van der Waals surface area contributed by atoms with Crippen LogP contribution in [-0.4, -0.2) is 35.4 Å². The third kappa shape index (κ3) is 3.60. The Morgan fingerprint density at radius 3 is 2.75 bits per heavy atom. The van der Waals surface area contributed by atoms with Gasteiger partial charge in [-0.05, 0) is 42.5 Å². The van der Waals surface area contributed by atoms with Gasteiger partial charge in [0, 0.05) is 12.4 Å². The average molecular weight is 374 g/mol. The van der Waals surface area contributed by atoms with Crippen LogP contribution in [0.4, 0.5) is 0 Å². The van der Waals surface area contributed by atoms with Gasteiger partial charge >= 0.3 is 5.97 Å². The van der Waals surface area contributed by atoms with Gasteiger partial charge in [-0.2, -0.15) is 0 Å². The smallest absolute Gasteiger partial charge is 0.357 e. The van der Waals surface area contributed by atoms with Crippen molar-refractivity contribution in [3.63, 3.8) is 0 Å². The molecule has 5 heteroatoms. The van der Waals surface area contributed by atoms with Crippen molar-refractivity contribution >= 4 is 22.8 Å². The van der Waals surface area contributed by atoms with Gasteiger partial charge in [-0.3, -0.25) is 4.79 Å². The summed E-state index contributed by atoms with van der Waals surface area (Å²) in [6.45, 7) is -0.289. The molecule has 0 unspecified atom stereocenters. The van der Waals surface area contributed by atoms with Crippen molar-refractivity contribution < 1.29 is 14.3 Å². The standard InChI is InChI=1S/C23H22N2O3/c1-25(21-12-6-9-16-7-2-4-10-18(16)21)22(26)15-28-23(27)20-14-13-17-8-3-5-11-19(17)24-20/h2-5,7-8,10-11,13-14,21H,6,9,12,15H2,1H3/t21-/m1/s1. The van der Waals surface area contributed by atoms with Crippen LogP contribution in [0.15, 0.2) is 60.7 Å². The summed E-state index contributed by atoms with van der Waals surface area (Å²) in [5.41, 5.74) is 3.40. The molecule has 1 aliphatic rings. The molecule has 2 aromatic carbocycles. The van der Waals surface area contributed by atoms with E-state index in [0.29, 0.717) is 0 Å². The molecule has 1 heterocycles. The van der Waals surface area contributed by atoms with Crippen LogP contribution in [0.3, 0.4) is 0 Å². The first-order chi connectivity index (χ1) is 13.6. The highest BCUT2D eigenvalue weighted by atomic mass is 16.5. The Labute approximate surface area is 163 Å². The first-order valence-electron chi connectivity index (χ1n) is 9.50. The quantitative estimate of drug-likeness (QED) is 0.649. The highest BCUT2D eigenvalue weighted by molar-refractivity contribution is 5.92. The van der Waals surface area contributed by atoms with Crippen LogP contribution >= 0.6 is 0 Å². The van der Waals surface area contributed by atoms with Crippen molar-refractivity contribution in [2.75, 3.05) is 13.7 Å². The lowest BCUT2D eigenvalue weighted by atomic mass is 9.87. The molecule has 0 N–H and O–H groups in total. The molecular weight excluding hydrogens is 352 g/mol. The number of carbonyl (C=O) groups is 2. The molecule has 3 aromatic rings. The number of hydrogen-bond acceptors (Lipinski definition) is 4. The minimum Gasteiger partial charge on any atom is -0.451 e. The largest absolute Gasteiger partial charge is 0.451 e. The fraction of sp³-hybridized carbons (Fsp3) is 0.261. The predicted octanol–water partition coefficient (Wildman–Crippen LogP) is 3.93. The zero-order valence-corrected chi connectivity index (χ0v) is 15.8. The van der Waals surface area contributed by atoms with E-state index in [1.165, 1.54) is 11.1 Å². The van der Waals surface area contributed by atoms with E-state index in [1.54, 1.807) is 18.0 Å². The van der Waals surface area contributed by atoms with Gasteiger partial charge in [0.2, 0.25) is 0 Å². The number of rotatable bonds is 4. The monoisotopic (exact) mass is 374 g/mol. The summed E-state index contributed by atoms with van der Waals surface area (Å²) in [5.74, 6) is -0.799. The van der Waals surface area contributed by atoms with Gasteiger partial charge in [-0.15, -0.1) is 0 Å². The van der Waals surface area contributed by atoms with Crippen LogP contribution in [0.2, 0.25) is 0 Å². The van der Waals surface area contributed by atoms with Crippen LogP contribution in [0.1, 0.15) is 40.5 Å². The minimum atomic E-state index is -0.587. The number of aromatic nitrogens is 1. The number of ether oxygens (including phenoxy) is 1. The van der Waals surface area contributed by atoms with Crippen LogP contribution in [0.25, 0.3) is 10.9 Å². The van der Waals surface area contributed by atoms with E-state index in [0.717, 1.165) is 30.2 Å². The summed E-state index contributed by atoms with van der Waals surface area (Å²) in [4.78, 5) is 31.0. The number of nitrogens with zero attached hydrogens (tertiary/aromatic N) is 2. The van der Waals surface area contributed by atoms with Crippen molar-refractivity contribution in [3.05, 3.63) is 77.5 Å². The molecule has 1 atom stereocenters. The number of carbonyl (C=O) groups excluding carboxylic acids is 2. The molecule has 142 valence electrons. The number of amides is 1. The van der Waals surface area contributed by atoms with Crippen LogP contribution < -0.4 is 0 Å². The summed E-state index contributed by atoms with van der Waals surface area (Å²) in [6.07, 6.45) is 3.00. The zero-order chi connectivity index (χ0) is 19.5. The summed E-state index contributed by atoms with van der Waals surface area (Å²) in [6, 6.07) is 19.2. The molecular formula is C23H22N2O3. The van der Waals surface area contributed by atoms with E-state index in [-0.39, 0.29) is 24.2 Å². The van der Waals surface area contributed by atoms with Gasteiger partial charge < -0.3 is 9.64 Å². The van der Waals surface area contributed by atoms with Crippen molar-refractivity contribution in [2.45, 2.75) is 25.3 Å². The van der Waals surface area contributed by atoms with Crippen molar-refractivity contribution in [2.24, 2.45) is 0 Å².